The first-order valence-electron chi connectivity index (χ1n) is 9.23. The molecule has 1 aliphatic rings. The molecule has 0 N–H and O–H groups in total. The van der Waals surface area contributed by atoms with Crippen LogP contribution in [-0.2, 0) is 6.18 Å². The molecule has 0 spiro atoms. The lowest BCUT2D eigenvalue weighted by Crippen LogP contribution is -2.35. The maximum Gasteiger partial charge on any atom is 0.417 e. The average Bonchev–Trinajstić information content (AvgIpc) is 2.92. The molecule has 11 heteroatoms. The van der Waals surface area contributed by atoms with Crippen LogP contribution in [-0.4, -0.2) is 52.1 Å². The highest BCUT2D eigenvalue weighted by molar-refractivity contribution is 6.33. The number of carbonyl (C=O) groups excluding carboxylic acids is 1. The van der Waals surface area contributed by atoms with E-state index in [2.05, 4.69) is 15.1 Å². The molecule has 30 heavy (non-hydrogen) atoms. The van der Waals surface area contributed by atoms with Gasteiger partial charge >= 0.3 is 6.18 Å². The quantitative estimate of drug-likeness (QED) is 0.602. The number of aryl methyl sites for hydroxylation is 1. The highest BCUT2D eigenvalue weighted by Gasteiger charge is 2.32. The molecule has 1 saturated heterocycles. The van der Waals surface area contributed by atoms with Crippen LogP contribution in [0.2, 0.25) is 5.02 Å². The van der Waals surface area contributed by atoms with E-state index in [0.29, 0.717) is 55.0 Å². The van der Waals surface area contributed by atoms with Gasteiger partial charge in [0, 0.05) is 38.6 Å². The van der Waals surface area contributed by atoms with Crippen molar-refractivity contribution >= 4 is 34.4 Å². The van der Waals surface area contributed by atoms with Gasteiger partial charge in [0.15, 0.2) is 0 Å². The molecule has 0 unspecified atom stereocenters. The van der Waals surface area contributed by atoms with E-state index in [1.165, 1.54) is 6.20 Å². The van der Waals surface area contributed by atoms with E-state index in [1.807, 2.05) is 0 Å². The molecule has 1 amide bonds. The molecule has 7 nitrogen and oxygen atoms in total. The van der Waals surface area contributed by atoms with Crippen LogP contribution in [0, 0.1) is 6.92 Å². The van der Waals surface area contributed by atoms with E-state index in [4.69, 9.17) is 16.1 Å². The zero-order valence-corrected chi connectivity index (χ0v) is 16.7. The topological polar surface area (TPSA) is 75.4 Å². The Morgan fingerprint density at radius 3 is 2.67 bits per heavy atom. The van der Waals surface area contributed by atoms with Gasteiger partial charge in [-0.1, -0.05) is 16.8 Å². The number of nitrogens with zero attached hydrogens (tertiary/aromatic N) is 5. The Hall–Kier alpha value is -2.88. The Morgan fingerprint density at radius 2 is 1.93 bits per heavy atom. The van der Waals surface area contributed by atoms with E-state index < -0.39 is 11.7 Å². The van der Waals surface area contributed by atoms with Crippen LogP contribution in [0.1, 0.15) is 28.0 Å². The summed E-state index contributed by atoms with van der Waals surface area (Å²) in [5.41, 5.74) is 0.550. The first kappa shape index (κ1) is 20.4. The predicted molar refractivity (Wildman–Crippen MR) is 104 cm³/mol. The van der Waals surface area contributed by atoms with Crippen molar-refractivity contribution in [3.63, 3.8) is 0 Å². The zero-order valence-electron chi connectivity index (χ0n) is 15.9. The molecule has 4 heterocycles. The largest absolute Gasteiger partial charge is 0.417 e. The van der Waals surface area contributed by atoms with Gasteiger partial charge in [-0.3, -0.25) is 4.79 Å². The molecule has 0 aliphatic carbocycles. The first-order valence-corrected chi connectivity index (χ1v) is 9.61. The Labute approximate surface area is 174 Å². The van der Waals surface area contributed by atoms with Crippen LogP contribution < -0.4 is 4.90 Å². The summed E-state index contributed by atoms with van der Waals surface area (Å²) in [5, 5.41) is 4.45. The first-order chi connectivity index (χ1) is 14.2. The highest BCUT2D eigenvalue weighted by atomic mass is 35.5. The van der Waals surface area contributed by atoms with Crippen molar-refractivity contribution in [1.82, 2.24) is 20.0 Å². The van der Waals surface area contributed by atoms with Crippen molar-refractivity contribution in [3.05, 3.63) is 46.4 Å². The van der Waals surface area contributed by atoms with Gasteiger partial charge in [0.2, 0.25) is 0 Å². The predicted octanol–water partition coefficient (Wildman–Crippen LogP) is 3.95. The summed E-state index contributed by atoms with van der Waals surface area (Å²) >= 11 is 6.07. The molecule has 4 rings (SSSR count). The van der Waals surface area contributed by atoms with Crippen LogP contribution >= 0.6 is 11.6 Å². The highest BCUT2D eigenvalue weighted by Crippen LogP contribution is 2.33. The Morgan fingerprint density at radius 1 is 1.13 bits per heavy atom. The second kappa shape index (κ2) is 7.75. The maximum atomic E-state index is 12.9. The molecule has 3 aromatic rings. The van der Waals surface area contributed by atoms with Gasteiger partial charge in [-0.15, -0.1) is 0 Å². The van der Waals surface area contributed by atoms with Crippen LogP contribution in [0.3, 0.4) is 0 Å². The zero-order chi connectivity index (χ0) is 21.5. The fourth-order valence-corrected chi connectivity index (χ4v) is 3.68. The van der Waals surface area contributed by atoms with E-state index in [1.54, 1.807) is 22.8 Å². The number of hydrogen-bond acceptors (Lipinski definition) is 6. The number of halogens is 4. The minimum atomic E-state index is -4.50. The second-order valence-corrected chi connectivity index (χ2v) is 7.41. The molecule has 0 aromatic carbocycles. The number of pyridine rings is 2. The normalized spacial score (nSPS) is 15.5. The number of aromatic nitrogens is 3. The smallest absolute Gasteiger partial charge is 0.354 e. The average molecular weight is 440 g/mol. The molecule has 1 fully saturated rings. The van der Waals surface area contributed by atoms with Gasteiger partial charge in [-0.2, -0.15) is 13.2 Å². The number of anilines is 1. The number of carbonyl (C=O) groups is 1. The van der Waals surface area contributed by atoms with Gasteiger partial charge in [-0.25, -0.2) is 9.97 Å². The van der Waals surface area contributed by atoms with E-state index in [-0.39, 0.29) is 16.7 Å². The number of amides is 1. The summed E-state index contributed by atoms with van der Waals surface area (Å²) in [4.78, 5) is 24.5. The minimum Gasteiger partial charge on any atom is -0.354 e. The summed E-state index contributed by atoms with van der Waals surface area (Å²) < 4.78 is 43.6. The number of rotatable bonds is 2. The lowest BCUT2D eigenvalue weighted by Gasteiger charge is -2.24. The fourth-order valence-electron chi connectivity index (χ4n) is 3.40. The van der Waals surface area contributed by atoms with Crippen molar-refractivity contribution < 1.29 is 22.5 Å². The third-order valence-electron chi connectivity index (χ3n) is 4.99. The Kier molecular flexibility index (Phi) is 5.27. The van der Waals surface area contributed by atoms with Crippen molar-refractivity contribution in [2.24, 2.45) is 0 Å². The van der Waals surface area contributed by atoms with Gasteiger partial charge < -0.3 is 14.3 Å². The SMILES string of the molecule is Cc1noc2ncc(C(=O)N3CCCN(c4ncc(C(F)(F)F)cc4Cl)CC3)cc12. The molecular weight excluding hydrogens is 423 g/mol. The monoisotopic (exact) mass is 439 g/mol. The van der Waals surface area contributed by atoms with E-state index in [0.717, 1.165) is 12.3 Å². The van der Waals surface area contributed by atoms with E-state index in [9.17, 15) is 18.0 Å². The molecule has 0 radical (unpaired) electrons. The third kappa shape index (κ3) is 3.91. The molecule has 0 saturated carbocycles. The van der Waals surface area contributed by atoms with Crippen LogP contribution in [0.5, 0.6) is 0 Å². The number of fused-ring (bicyclic) bond motifs is 1. The second-order valence-electron chi connectivity index (χ2n) is 7.00. The molecule has 0 atom stereocenters. The Balaban J connectivity index is 1.49. The standard InChI is InChI=1S/C19H17ClF3N5O2/c1-11-14-7-12(9-25-17(14)30-26-11)18(29)28-4-2-3-27(5-6-28)16-15(20)8-13(10-24-16)19(21,22)23/h7-10H,2-6H2,1H3. The Bertz CT molecular complexity index is 1100. The van der Waals surface area contributed by atoms with Crippen LogP contribution in [0.4, 0.5) is 19.0 Å². The van der Waals surface area contributed by atoms with Gasteiger partial charge in [0.25, 0.3) is 11.6 Å². The summed E-state index contributed by atoms with van der Waals surface area (Å²) in [6.07, 6.45) is -1.66. The number of alkyl halides is 3. The van der Waals surface area contributed by atoms with Crippen molar-refractivity contribution in [3.8, 4) is 0 Å². The third-order valence-corrected chi connectivity index (χ3v) is 5.27. The maximum absolute atomic E-state index is 12.9. The van der Waals surface area contributed by atoms with Crippen molar-refractivity contribution in [2.45, 2.75) is 19.5 Å². The molecule has 158 valence electrons. The van der Waals surface area contributed by atoms with Gasteiger partial charge in [0.05, 0.1) is 27.2 Å². The summed E-state index contributed by atoms with van der Waals surface area (Å²) in [6.45, 7) is 3.55. The molecule has 1 aliphatic heterocycles. The minimum absolute atomic E-state index is 0.0674. The summed E-state index contributed by atoms with van der Waals surface area (Å²) in [7, 11) is 0. The molecular formula is C19H17ClF3N5O2. The van der Waals surface area contributed by atoms with Crippen LogP contribution in [0.25, 0.3) is 11.1 Å². The van der Waals surface area contributed by atoms with Gasteiger partial charge in [0.1, 0.15) is 5.82 Å². The van der Waals surface area contributed by atoms with Crippen LogP contribution in [0.15, 0.2) is 29.0 Å². The van der Waals surface area contributed by atoms with Crippen molar-refractivity contribution in [2.75, 3.05) is 31.1 Å². The lowest BCUT2D eigenvalue weighted by molar-refractivity contribution is -0.137. The number of hydrogen-bond donors (Lipinski definition) is 0. The van der Waals surface area contributed by atoms with Gasteiger partial charge in [-0.05, 0) is 25.5 Å². The van der Waals surface area contributed by atoms with E-state index >= 15 is 0 Å². The summed E-state index contributed by atoms with van der Waals surface area (Å²) in [6, 6.07) is 2.58. The summed E-state index contributed by atoms with van der Waals surface area (Å²) in [5.74, 6) is 0.0977. The molecule has 3 aromatic heterocycles. The van der Waals surface area contributed by atoms with Crippen molar-refractivity contribution in [1.29, 1.82) is 0 Å². The fraction of sp³-hybridized carbons (Fsp3) is 0.368. The lowest BCUT2D eigenvalue weighted by atomic mass is 10.2. The molecule has 0 bridgehead atoms.